The molecule has 1 radical (unpaired) electrons. The lowest BCUT2D eigenvalue weighted by Gasteiger charge is -1.99. The summed E-state index contributed by atoms with van der Waals surface area (Å²) >= 11 is 0. The number of benzene rings is 1. The van der Waals surface area contributed by atoms with E-state index in [0.717, 1.165) is 11.1 Å². The molecule has 0 unspecified atom stereocenters. The van der Waals surface area contributed by atoms with Crippen molar-refractivity contribution < 1.29 is 0 Å². The standard InChI is InChI=1S/C12H7N2/c13-8-12-7-6-11(9-14-12)10-4-2-1-3-5-10/h1-2,4-7,9H. The van der Waals surface area contributed by atoms with Gasteiger partial charge in [-0.2, -0.15) is 5.26 Å². The highest BCUT2D eigenvalue weighted by Crippen LogP contribution is 2.16. The maximum atomic E-state index is 8.58. The molecule has 0 saturated heterocycles. The molecule has 0 atom stereocenters. The first-order valence-electron chi connectivity index (χ1n) is 4.23. The third kappa shape index (κ3) is 1.62. The van der Waals surface area contributed by atoms with Gasteiger partial charge in [0.2, 0.25) is 0 Å². The normalized spacial score (nSPS) is 9.36. The fourth-order valence-corrected chi connectivity index (χ4v) is 1.20. The molecule has 0 aliphatic heterocycles. The van der Waals surface area contributed by atoms with E-state index < -0.39 is 0 Å². The summed E-state index contributed by atoms with van der Waals surface area (Å²) < 4.78 is 0. The summed E-state index contributed by atoms with van der Waals surface area (Å²) in [4.78, 5) is 4.00. The van der Waals surface area contributed by atoms with Crippen LogP contribution in [0.3, 0.4) is 0 Å². The quantitative estimate of drug-likeness (QED) is 0.674. The first kappa shape index (κ1) is 8.46. The third-order valence-corrected chi connectivity index (χ3v) is 1.92. The molecule has 0 N–H and O–H groups in total. The molecule has 65 valence electrons. The molecular weight excluding hydrogens is 172 g/mol. The van der Waals surface area contributed by atoms with Gasteiger partial charge in [-0.15, -0.1) is 0 Å². The Hall–Kier alpha value is -2.14. The minimum absolute atomic E-state index is 0.439. The van der Waals surface area contributed by atoms with Gasteiger partial charge in [-0.3, -0.25) is 0 Å². The van der Waals surface area contributed by atoms with Crippen LogP contribution in [0.4, 0.5) is 0 Å². The molecule has 0 bridgehead atoms. The average Bonchev–Trinajstić information content (AvgIpc) is 2.30. The number of hydrogen-bond acceptors (Lipinski definition) is 2. The zero-order valence-electron chi connectivity index (χ0n) is 7.44. The van der Waals surface area contributed by atoms with Crippen molar-refractivity contribution in [3.63, 3.8) is 0 Å². The predicted molar refractivity (Wildman–Crippen MR) is 53.2 cm³/mol. The van der Waals surface area contributed by atoms with Gasteiger partial charge in [0.15, 0.2) is 0 Å². The highest BCUT2D eigenvalue weighted by Gasteiger charge is 1.96. The maximum Gasteiger partial charge on any atom is 0.140 e. The van der Waals surface area contributed by atoms with Gasteiger partial charge in [0.05, 0.1) is 0 Å². The number of aromatic nitrogens is 1. The van der Waals surface area contributed by atoms with E-state index in [0.29, 0.717) is 5.69 Å². The zero-order valence-corrected chi connectivity index (χ0v) is 7.44. The van der Waals surface area contributed by atoms with Crippen LogP contribution < -0.4 is 0 Å². The lowest BCUT2D eigenvalue weighted by Crippen LogP contribution is -1.83. The Morgan fingerprint density at radius 3 is 2.71 bits per heavy atom. The van der Waals surface area contributed by atoms with Gasteiger partial charge in [-0.25, -0.2) is 4.98 Å². The average molecular weight is 179 g/mol. The van der Waals surface area contributed by atoms with Crippen molar-refractivity contribution in [1.29, 1.82) is 5.26 Å². The monoisotopic (exact) mass is 179 g/mol. The van der Waals surface area contributed by atoms with Gasteiger partial charge < -0.3 is 0 Å². The molecule has 0 aliphatic carbocycles. The van der Waals surface area contributed by atoms with Crippen molar-refractivity contribution in [2.75, 3.05) is 0 Å². The van der Waals surface area contributed by atoms with Crippen molar-refractivity contribution in [2.24, 2.45) is 0 Å². The van der Waals surface area contributed by atoms with Crippen LogP contribution in [0.2, 0.25) is 0 Å². The molecular formula is C12H7N2. The molecule has 0 saturated carbocycles. The van der Waals surface area contributed by atoms with Crippen molar-refractivity contribution in [3.05, 3.63) is 54.4 Å². The number of nitrogens with zero attached hydrogens (tertiary/aromatic N) is 2. The Kier molecular flexibility index (Phi) is 2.24. The van der Waals surface area contributed by atoms with E-state index in [9.17, 15) is 0 Å². The fraction of sp³-hybridized carbons (Fsp3) is 0. The molecule has 2 aromatic rings. The van der Waals surface area contributed by atoms with Crippen molar-refractivity contribution in [2.45, 2.75) is 0 Å². The van der Waals surface area contributed by atoms with Gasteiger partial charge in [0, 0.05) is 11.8 Å². The lowest BCUT2D eigenvalue weighted by atomic mass is 10.1. The first-order valence-corrected chi connectivity index (χ1v) is 4.23. The number of pyridine rings is 1. The molecule has 0 spiro atoms. The Bertz CT molecular complexity index is 452. The SMILES string of the molecule is N#Cc1ccc(-c2c[c]ccc2)cn1. The van der Waals surface area contributed by atoms with Crippen LogP contribution in [-0.2, 0) is 0 Å². The molecule has 1 aromatic carbocycles. The van der Waals surface area contributed by atoms with E-state index >= 15 is 0 Å². The van der Waals surface area contributed by atoms with E-state index in [2.05, 4.69) is 11.1 Å². The Balaban J connectivity index is 2.40. The summed E-state index contributed by atoms with van der Waals surface area (Å²) in [6.45, 7) is 0. The second-order valence-corrected chi connectivity index (χ2v) is 2.84. The Morgan fingerprint density at radius 1 is 1.21 bits per heavy atom. The molecule has 2 heteroatoms. The van der Waals surface area contributed by atoms with Crippen LogP contribution in [0.15, 0.2) is 42.6 Å². The highest BCUT2D eigenvalue weighted by atomic mass is 14.7. The van der Waals surface area contributed by atoms with Gasteiger partial charge in [-0.05, 0) is 29.8 Å². The molecule has 0 fully saturated rings. The van der Waals surface area contributed by atoms with Gasteiger partial charge in [0.1, 0.15) is 11.8 Å². The van der Waals surface area contributed by atoms with Crippen molar-refractivity contribution in [1.82, 2.24) is 4.98 Å². The largest absolute Gasteiger partial charge is 0.245 e. The van der Waals surface area contributed by atoms with Crippen LogP contribution >= 0.6 is 0 Å². The van der Waals surface area contributed by atoms with Crippen LogP contribution in [-0.4, -0.2) is 4.98 Å². The van der Waals surface area contributed by atoms with E-state index in [1.807, 2.05) is 36.4 Å². The molecule has 0 aliphatic rings. The summed E-state index contributed by atoms with van der Waals surface area (Å²) in [6, 6.07) is 16.2. The van der Waals surface area contributed by atoms with E-state index in [4.69, 9.17) is 5.26 Å². The second-order valence-electron chi connectivity index (χ2n) is 2.84. The minimum Gasteiger partial charge on any atom is -0.245 e. The minimum atomic E-state index is 0.439. The highest BCUT2D eigenvalue weighted by molar-refractivity contribution is 5.62. The van der Waals surface area contributed by atoms with Crippen LogP contribution in [0, 0.1) is 17.4 Å². The van der Waals surface area contributed by atoms with E-state index in [1.165, 1.54) is 0 Å². The van der Waals surface area contributed by atoms with Gasteiger partial charge in [0.25, 0.3) is 0 Å². The summed E-state index contributed by atoms with van der Waals surface area (Å²) in [7, 11) is 0. The van der Waals surface area contributed by atoms with Crippen molar-refractivity contribution in [3.8, 4) is 17.2 Å². The number of nitriles is 1. The summed E-state index contributed by atoms with van der Waals surface area (Å²) in [6.07, 6.45) is 1.70. The van der Waals surface area contributed by atoms with Crippen LogP contribution in [0.1, 0.15) is 5.69 Å². The summed E-state index contributed by atoms with van der Waals surface area (Å²) in [5.41, 5.74) is 2.50. The molecule has 2 rings (SSSR count). The van der Waals surface area contributed by atoms with E-state index in [1.54, 1.807) is 12.3 Å². The number of rotatable bonds is 1. The van der Waals surface area contributed by atoms with Crippen molar-refractivity contribution >= 4 is 0 Å². The van der Waals surface area contributed by atoms with Crippen LogP contribution in [0.5, 0.6) is 0 Å². The van der Waals surface area contributed by atoms with Gasteiger partial charge >= 0.3 is 0 Å². The molecule has 2 nitrogen and oxygen atoms in total. The molecule has 1 heterocycles. The van der Waals surface area contributed by atoms with Gasteiger partial charge in [-0.1, -0.05) is 18.2 Å². The molecule has 14 heavy (non-hydrogen) atoms. The summed E-state index contributed by atoms with van der Waals surface area (Å²) in [5, 5.41) is 8.58. The predicted octanol–water partition coefficient (Wildman–Crippen LogP) is 2.42. The van der Waals surface area contributed by atoms with Crippen LogP contribution in [0.25, 0.3) is 11.1 Å². The second kappa shape index (κ2) is 3.71. The maximum absolute atomic E-state index is 8.58. The smallest absolute Gasteiger partial charge is 0.140 e. The zero-order chi connectivity index (χ0) is 9.80. The van der Waals surface area contributed by atoms with E-state index in [-0.39, 0.29) is 0 Å². The Labute approximate surface area is 82.5 Å². The number of hydrogen-bond donors (Lipinski definition) is 0. The fourth-order valence-electron chi connectivity index (χ4n) is 1.20. The third-order valence-electron chi connectivity index (χ3n) is 1.92. The first-order chi connectivity index (χ1) is 6.90. The lowest BCUT2D eigenvalue weighted by molar-refractivity contribution is 1.26. The molecule has 1 aromatic heterocycles. The summed E-state index contributed by atoms with van der Waals surface area (Å²) in [5.74, 6) is 0. The topological polar surface area (TPSA) is 36.7 Å². The molecule has 0 amide bonds. The Morgan fingerprint density at radius 2 is 2.14 bits per heavy atom.